The second-order valence-corrected chi connectivity index (χ2v) is 6.87. The molecule has 1 amide bonds. The van der Waals surface area contributed by atoms with Gasteiger partial charge >= 0.3 is 12.1 Å². The number of nitrogens with zero attached hydrogens (tertiary/aromatic N) is 3. The van der Waals surface area contributed by atoms with E-state index in [1.807, 2.05) is 6.07 Å². The Kier molecular flexibility index (Phi) is 7.29. The fourth-order valence-electron chi connectivity index (χ4n) is 2.43. The van der Waals surface area contributed by atoms with Crippen molar-refractivity contribution >= 4 is 41.1 Å². The first-order valence-electron chi connectivity index (χ1n) is 8.49. The smallest absolute Gasteiger partial charge is 0.416 e. The van der Waals surface area contributed by atoms with E-state index in [2.05, 4.69) is 25.3 Å². The van der Waals surface area contributed by atoms with Crippen LogP contribution in [-0.2, 0) is 15.7 Å². The number of nitrogens with two attached hydrogens (primary N) is 1. The van der Waals surface area contributed by atoms with Crippen LogP contribution in [0.3, 0.4) is 0 Å². The molecule has 0 fully saturated rings. The molecule has 9 nitrogen and oxygen atoms in total. The van der Waals surface area contributed by atoms with Crippen molar-refractivity contribution in [3.63, 3.8) is 0 Å². The average molecular weight is 454 g/mol. The number of aromatic nitrogens is 2. The summed E-state index contributed by atoms with van der Waals surface area (Å²) >= 11 is 1.15. The molecular formula is C18H17F3N6O3S. The van der Waals surface area contributed by atoms with Crippen LogP contribution in [0.4, 0.5) is 30.6 Å². The van der Waals surface area contributed by atoms with Crippen LogP contribution < -0.4 is 16.4 Å². The molecule has 0 aliphatic heterocycles. The number of hydrogen-bond acceptors (Lipinski definition) is 9. The summed E-state index contributed by atoms with van der Waals surface area (Å²) in [6, 6.07) is 3.24. The van der Waals surface area contributed by atoms with Gasteiger partial charge in [0.2, 0.25) is 11.9 Å². The molecule has 164 valence electrons. The Labute approximate surface area is 179 Å². The maximum Gasteiger partial charge on any atom is 0.416 e. The third-order valence-electron chi connectivity index (χ3n) is 3.89. The van der Waals surface area contributed by atoms with Crippen LogP contribution in [-0.4, -0.2) is 41.3 Å². The molecule has 0 aliphatic rings. The molecule has 31 heavy (non-hydrogen) atoms. The van der Waals surface area contributed by atoms with Gasteiger partial charge in [-0.05, 0) is 31.4 Å². The molecule has 0 saturated carbocycles. The van der Waals surface area contributed by atoms with E-state index in [1.165, 1.54) is 6.92 Å². The van der Waals surface area contributed by atoms with Crippen LogP contribution in [0, 0.1) is 11.3 Å². The van der Waals surface area contributed by atoms with E-state index in [-0.39, 0.29) is 28.6 Å². The van der Waals surface area contributed by atoms with Crippen molar-refractivity contribution in [3.8, 4) is 6.07 Å². The number of nitrogen functional groups attached to an aromatic ring is 1. The van der Waals surface area contributed by atoms with Crippen LogP contribution >= 0.6 is 11.8 Å². The van der Waals surface area contributed by atoms with E-state index < -0.39 is 29.7 Å². The first kappa shape index (κ1) is 23.7. The predicted octanol–water partition coefficient (Wildman–Crippen LogP) is 2.90. The Balaban J connectivity index is 2.31. The molecule has 2 rings (SSSR count). The van der Waals surface area contributed by atoms with E-state index in [4.69, 9.17) is 5.73 Å². The van der Waals surface area contributed by atoms with Crippen molar-refractivity contribution in [2.45, 2.75) is 24.2 Å². The number of nitrogens with one attached hydrogen (secondary N) is 2. The standard InChI is InChI=1S/C18H17F3N6O3S/c1-8(24-13-12(7-22)15(31-3)27-17(23)26-13)14(28)25-11-5-9(16(29)30-2)4-10(6-11)18(19,20)21/h4-6,8H,1-3H3,(H,25,28)(H3,23,24,26,27)/t8-/m0/s1. The summed E-state index contributed by atoms with van der Waals surface area (Å²) < 4.78 is 43.9. The molecule has 1 aromatic heterocycles. The topological polar surface area (TPSA) is 143 Å². The number of hydrogen-bond donors (Lipinski definition) is 3. The second kappa shape index (κ2) is 9.52. The summed E-state index contributed by atoms with van der Waals surface area (Å²) in [5, 5.41) is 14.6. The molecule has 1 aromatic carbocycles. The van der Waals surface area contributed by atoms with Gasteiger partial charge in [-0.2, -0.15) is 23.4 Å². The third-order valence-corrected chi connectivity index (χ3v) is 4.58. The zero-order valence-corrected chi connectivity index (χ0v) is 17.3. The molecule has 13 heteroatoms. The van der Waals surface area contributed by atoms with Gasteiger partial charge in [-0.15, -0.1) is 11.8 Å². The van der Waals surface area contributed by atoms with Crippen LogP contribution in [0.5, 0.6) is 0 Å². The Morgan fingerprint density at radius 2 is 1.97 bits per heavy atom. The number of thioether (sulfide) groups is 1. The van der Waals surface area contributed by atoms with Crippen molar-refractivity contribution < 1.29 is 27.5 Å². The van der Waals surface area contributed by atoms with E-state index in [1.54, 1.807) is 6.26 Å². The highest BCUT2D eigenvalue weighted by Gasteiger charge is 2.32. The predicted molar refractivity (Wildman–Crippen MR) is 107 cm³/mol. The van der Waals surface area contributed by atoms with E-state index in [0.717, 1.165) is 24.9 Å². The lowest BCUT2D eigenvalue weighted by Gasteiger charge is -2.17. The van der Waals surface area contributed by atoms with Crippen molar-refractivity contribution in [2.24, 2.45) is 0 Å². The van der Waals surface area contributed by atoms with Gasteiger partial charge in [0.25, 0.3) is 0 Å². The average Bonchev–Trinajstić information content (AvgIpc) is 2.71. The largest absolute Gasteiger partial charge is 0.465 e. The third kappa shape index (κ3) is 5.76. The lowest BCUT2D eigenvalue weighted by Crippen LogP contribution is -2.33. The molecule has 0 spiro atoms. The van der Waals surface area contributed by atoms with Gasteiger partial charge in [-0.3, -0.25) is 4.79 Å². The van der Waals surface area contributed by atoms with Crippen molar-refractivity contribution in [1.29, 1.82) is 5.26 Å². The number of ether oxygens (including phenoxy) is 1. The maximum absolute atomic E-state index is 13.2. The highest BCUT2D eigenvalue weighted by atomic mass is 32.2. The minimum Gasteiger partial charge on any atom is -0.465 e. The molecule has 0 unspecified atom stereocenters. The molecule has 0 saturated heterocycles. The lowest BCUT2D eigenvalue weighted by atomic mass is 10.1. The van der Waals surface area contributed by atoms with Gasteiger partial charge < -0.3 is 21.1 Å². The summed E-state index contributed by atoms with van der Waals surface area (Å²) in [5.74, 6) is -1.87. The summed E-state index contributed by atoms with van der Waals surface area (Å²) in [6.07, 6.45) is -3.07. The first-order chi connectivity index (χ1) is 14.5. The van der Waals surface area contributed by atoms with Gasteiger partial charge in [0.05, 0.1) is 18.2 Å². The van der Waals surface area contributed by atoms with E-state index in [9.17, 15) is 28.0 Å². The fraction of sp³-hybridized carbons (Fsp3) is 0.278. The number of rotatable bonds is 6. The molecule has 0 radical (unpaired) electrons. The summed E-state index contributed by atoms with van der Waals surface area (Å²) in [6.45, 7) is 1.41. The highest BCUT2D eigenvalue weighted by molar-refractivity contribution is 7.98. The summed E-state index contributed by atoms with van der Waals surface area (Å²) in [5.41, 5.74) is 3.90. The quantitative estimate of drug-likeness (QED) is 0.341. The number of methoxy groups -OCH3 is 1. The van der Waals surface area contributed by atoms with Gasteiger partial charge in [-0.25, -0.2) is 9.78 Å². The number of carbonyl (C=O) groups excluding carboxylic acids is 2. The SMILES string of the molecule is COC(=O)c1cc(NC(=O)[C@H](C)Nc2nc(N)nc(SC)c2C#N)cc(C(F)(F)F)c1. The molecule has 2 aromatic rings. The van der Waals surface area contributed by atoms with Gasteiger partial charge in [-0.1, -0.05) is 0 Å². The molecular weight excluding hydrogens is 437 g/mol. The van der Waals surface area contributed by atoms with Gasteiger partial charge in [0.1, 0.15) is 22.7 Å². The number of benzene rings is 1. The normalized spacial score (nSPS) is 11.9. The van der Waals surface area contributed by atoms with Crippen LogP contribution in [0.2, 0.25) is 0 Å². The van der Waals surface area contributed by atoms with Crippen molar-refractivity contribution in [2.75, 3.05) is 29.7 Å². The van der Waals surface area contributed by atoms with Crippen molar-refractivity contribution in [3.05, 3.63) is 34.9 Å². The highest BCUT2D eigenvalue weighted by Crippen LogP contribution is 2.32. The van der Waals surface area contributed by atoms with Crippen molar-refractivity contribution in [1.82, 2.24) is 9.97 Å². The summed E-state index contributed by atoms with van der Waals surface area (Å²) in [4.78, 5) is 32.1. The molecule has 1 atom stereocenters. The van der Waals surface area contributed by atoms with Gasteiger partial charge in [0.15, 0.2) is 5.82 Å². The Morgan fingerprint density at radius 3 is 2.52 bits per heavy atom. The van der Waals surface area contributed by atoms with Crippen LogP contribution in [0.15, 0.2) is 23.2 Å². The summed E-state index contributed by atoms with van der Waals surface area (Å²) in [7, 11) is 1.02. The zero-order valence-electron chi connectivity index (χ0n) is 16.5. The fourth-order valence-corrected chi connectivity index (χ4v) is 2.96. The van der Waals surface area contributed by atoms with E-state index >= 15 is 0 Å². The monoisotopic (exact) mass is 454 g/mol. The Bertz CT molecular complexity index is 1060. The number of nitriles is 1. The minimum atomic E-state index is -4.75. The van der Waals surface area contributed by atoms with Crippen LogP contribution in [0.1, 0.15) is 28.4 Å². The van der Waals surface area contributed by atoms with Crippen LogP contribution in [0.25, 0.3) is 0 Å². The zero-order chi connectivity index (χ0) is 23.3. The number of esters is 1. The number of carbonyl (C=O) groups is 2. The molecule has 1 heterocycles. The van der Waals surface area contributed by atoms with Gasteiger partial charge in [0, 0.05) is 5.69 Å². The molecule has 0 aliphatic carbocycles. The number of anilines is 3. The number of alkyl halides is 3. The second-order valence-electron chi connectivity index (χ2n) is 6.07. The minimum absolute atomic E-state index is 0.00120. The molecule has 4 N–H and O–H groups in total. The Hall–Kier alpha value is -3.53. The first-order valence-corrected chi connectivity index (χ1v) is 9.72. The van der Waals surface area contributed by atoms with E-state index in [0.29, 0.717) is 17.2 Å². The Morgan fingerprint density at radius 1 is 1.29 bits per heavy atom. The number of amides is 1. The number of halogens is 3. The molecule has 0 bridgehead atoms. The lowest BCUT2D eigenvalue weighted by molar-refractivity contribution is -0.137. The maximum atomic E-state index is 13.2.